The molecule has 1 aromatic heterocycles. The molecule has 0 aliphatic carbocycles. The number of pyridine rings is 1. The van der Waals surface area contributed by atoms with Crippen LogP contribution in [0.3, 0.4) is 0 Å². The molecule has 3 heterocycles. The lowest BCUT2D eigenvalue weighted by molar-refractivity contribution is -0.126. The van der Waals surface area contributed by atoms with Crippen molar-refractivity contribution in [2.24, 2.45) is 5.92 Å². The molecule has 8 nitrogen and oxygen atoms in total. The Hall–Kier alpha value is -3.49. The minimum absolute atomic E-state index is 0.0224. The number of piperidine rings is 2. The highest BCUT2D eigenvalue weighted by Crippen LogP contribution is 3.02. The van der Waals surface area contributed by atoms with Crippen molar-refractivity contribution in [2.75, 3.05) is 30.7 Å². The van der Waals surface area contributed by atoms with E-state index in [9.17, 15) is 38.2 Å². The normalized spacial score (nSPS) is 20.7. The second kappa shape index (κ2) is 9.06. The topological polar surface area (TPSA) is 117 Å². The molecule has 2 aromatic rings. The van der Waals surface area contributed by atoms with E-state index in [1.807, 2.05) is 0 Å². The zero-order chi connectivity index (χ0) is 27.9. The molecule has 3 amide bonds. The lowest BCUT2D eigenvalue weighted by atomic mass is 9.88. The number of rotatable bonds is 5. The Morgan fingerprint density at radius 3 is 2.24 bits per heavy atom. The van der Waals surface area contributed by atoms with Crippen LogP contribution in [-0.2, 0) is 9.59 Å². The van der Waals surface area contributed by atoms with E-state index in [1.54, 1.807) is 0 Å². The second-order valence-corrected chi connectivity index (χ2v) is 11.8. The molecule has 2 aliphatic heterocycles. The molecular weight excluding hydrogens is 540 g/mol. The molecule has 0 bridgehead atoms. The number of hydrogen-bond donors (Lipinski definition) is 3. The number of likely N-dealkylation sites (tertiary alicyclic amines) is 1. The summed E-state index contributed by atoms with van der Waals surface area (Å²) in [6, 6.07) is 1.78. The Labute approximate surface area is 213 Å². The van der Waals surface area contributed by atoms with Crippen LogP contribution in [0.25, 0.3) is 0 Å². The van der Waals surface area contributed by atoms with Gasteiger partial charge < -0.3 is 21.3 Å². The largest absolute Gasteiger partial charge is 0.395 e. The number of hydrogen-bond acceptors (Lipinski definition) is 5. The summed E-state index contributed by atoms with van der Waals surface area (Å²) in [6.07, 6.45) is 1.99. The first-order valence-corrected chi connectivity index (χ1v) is 13.6. The average molecular weight is 566 g/mol. The maximum absolute atomic E-state index is 14.7. The highest BCUT2D eigenvalue weighted by molar-refractivity contribution is 8.45. The molecule has 2 saturated heterocycles. The van der Waals surface area contributed by atoms with Crippen molar-refractivity contribution < 1.29 is 38.2 Å². The van der Waals surface area contributed by atoms with E-state index in [0.29, 0.717) is 18.6 Å². The summed E-state index contributed by atoms with van der Waals surface area (Å²) < 4.78 is 79.4. The number of carbonyl (C=O) groups is 3. The number of nitrogens with zero attached hydrogens (tertiary/aromatic N) is 2. The number of nitrogen functional groups attached to an aromatic ring is 1. The lowest BCUT2D eigenvalue weighted by Crippen LogP contribution is -2.40. The average Bonchev–Trinajstić information content (AvgIpc) is 2.85. The van der Waals surface area contributed by atoms with E-state index in [2.05, 4.69) is 15.6 Å². The molecule has 0 spiro atoms. The third-order valence-electron chi connectivity index (χ3n) is 6.72. The molecule has 38 heavy (non-hydrogen) atoms. The number of nitrogens with one attached hydrogen (secondary N) is 2. The van der Waals surface area contributed by atoms with Crippen molar-refractivity contribution >= 4 is 39.5 Å². The smallest absolute Gasteiger partial charge is 0.310 e. The SMILES string of the molecule is Nc1c(NC(=O)C2CCC(=O)NC2)ncc(F)c1C1CCN(C(=O)c2ccc(S(F)(F)(F)(F)F)cc2)CC1. The standard InChI is InChI=1S/C23H25F6N5O3S/c24-17-12-32-21(33-22(36)15-3-6-18(35)31-11-15)20(30)19(17)13-7-9-34(10-8-13)23(37)14-1-4-16(5-2-14)38(25,26,27,28)29/h1-2,4-5,12-13,15H,3,6-11,30H2,(H,31,35)(H,32,33,36). The first kappa shape index (κ1) is 27.5. The van der Waals surface area contributed by atoms with E-state index in [0.717, 1.165) is 6.20 Å². The van der Waals surface area contributed by atoms with Crippen molar-refractivity contribution in [2.45, 2.75) is 36.5 Å². The van der Waals surface area contributed by atoms with Gasteiger partial charge in [0.15, 0.2) is 5.82 Å². The van der Waals surface area contributed by atoms with Gasteiger partial charge >= 0.3 is 10.2 Å². The van der Waals surface area contributed by atoms with Crippen LogP contribution >= 0.6 is 10.2 Å². The Kier molecular flexibility index (Phi) is 6.57. The molecule has 2 aliphatic rings. The van der Waals surface area contributed by atoms with Crippen LogP contribution < -0.4 is 16.4 Å². The first-order chi connectivity index (χ1) is 17.5. The Morgan fingerprint density at radius 1 is 1.05 bits per heavy atom. The molecule has 1 unspecified atom stereocenters. The molecule has 1 aromatic carbocycles. The lowest BCUT2D eigenvalue weighted by Gasteiger charge is -2.40. The third kappa shape index (κ3) is 5.97. The van der Waals surface area contributed by atoms with Gasteiger partial charge in [-0.05, 0) is 49.4 Å². The van der Waals surface area contributed by atoms with Crippen LogP contribution in [0.4, 0.5) is 35.3 Å². The fourth-order valence-electron chi connectivity index (χ4n) is 4.61. The number of amides is 3. The van der Waals surface area contributed by atoms with Gasteiger partial charge in [-0.25, -0.2) is 9.37 Å². The van der Waals surface area contributed by atoms with Gasteiger partial charge in [0.2, 0.25) is 11.8 Å². The molecule has 1 atom stereocenters. The molecule has 4 N–H and O–H groups in total. The number of halogens is 6. The van der Waals surface area contributed by atoms with E-state index in [-0.39, 0.29) is 79.6 Å². The van der Waals surface area contributed by atoms with Gasteiger partial charge in [0.05, 0.1) is 17.8 Å². The highest BCUT2D eigenvalue weighted by Gasteiger charge is 2.65. The van der Waals surface area contributed by atoms with Gasteiger partial charge in [-0.15, -0.1) is 0 Å². The third-order valence-corrected chi connectivity index (χ3v) is 7.89. The Morgan fingerprint density at radius 2 is 1.68 bits per heavy atom. The summed E-state index contributed by atoms with van der Waals surface area (Å²) >= 11 is 0. The summed E-state index contributed by atoms with van der Waals surface area (Å²) in [5.41, 5.74) is 6.03. The fraction of sp³-hybridized carbons (Fsp3) is 0.391. The Balaban J connectivity index is 1.42. The molecule has 4 rings (SSSR count). The Bertz CT molecular complexity index is 1270. The first-order valence-electron chi connectivity index (χ1n) is 11.7. The zero-order valence-electron chi connectivity index (χ0n) is 19.9. The van der Waals surface area contributed by atoms with Gasteiger partial charge in [-0.2, -0.15) is 0 Å². The van der Waals surface area contributed by atoms with Crippen LogP contribution in [0.5, 0.6) is 0 Å². The van der Waals surface area contributed by atoms with Crippen LogP contribution in [0.1, 0.15) is 47.5 Å². The molecule has 208 valence electrons. The van der Waals surface area contributed by atoms with Crippen LogP contribution in [0.2, 0.25) is 0 Å². The van der Waals surface area contributed by atoms with Crippen molar-refractivity contribution in [1.82, 2.24) is 15.2 Å². The molecule has 15 heteroatoms. The van der Waals surface area contributed by atoms with E-state index >= 15 is 0 Å². The summed E-state index contributed by atoms with van der Waals surface area (Å²) in [4.78, 5) is 39.7. The summed E-state index contributed by atoms with van der Waals surface area (Å²) in [5.74, 6) is -2.86. The maximum Gasteiger partial charge on any atom is 0.310 e. The van der Waals surface area contributed by atoms with Crippen molar-refractivity contribution in [3.05, 3.63) is 47.4 Å². The minimum atomic E-state index is -9.85. The van der Waals surface area contributed by atoms with Crippen LogP contribution in [0.15, 0.2) is 35.4 Å². The number of carbonyl (C=O) groups excluding carboxylic acids is 3. The van der Waals surface area contributed by atoms with E-state index in [4.69, 9.17) is 5.73 Å². The fourth-order valence-corrected chi connectivity index (χ4v) is 5.27. The molecule has 0 radical (unpaired) electrons. The molecule has 0 saturated carbocycles. The van der Waals surface area contributed by atoms with Gasteiger partial charge in [0, 0.05) is 37.2 Å². The number of benzene rings is 1. The highest BCUT2D eigenvalue weighted by atomic mass is 32.5. The van der Waals surface area contributed by atoms with Crippen molar-refractivity contribution in [1.29, 1.82) is 0 Å². The number of nitrogens with two attached hydrogens (primary N) is 1. The van der Waals surface area contributed by atoms with Gasteiger partial charge in [0.1, 0.15) is 10.7 Å². The van der Waals surface area contributed by atoms with Gasteiger partial charge in [-0.1, -0.05) is 19.4 Å². The van der Waals surface area contributed by atoms with Crippen LogP contribution in [-0.4, -0.2) is 47.2 Å². The maximum atomic E-state index is 14.7. The predicted octanol–water partition coefficient (Wildman–Crippen LogP) is 4.94. The summed E-state index contributed by atoms with van der Waals surface area (Å²) in [6.45, 7) is 0.378. The predicted molar refractivity (Wildman–Crippen MR) is 129 cm³/mol. The minimum Gasteiger partial charge on any atom is -0.395 e. The van der Waals surface area contributed by atoms with Gasteiger partial charge in [-0.3, -0.25) is 14.4 Å². The van der Waals surface area contributed by atoms with Gasteiger partial charge in [0.25, 0.3) is 5.91 Å². The quantitative estimate of drug-likeness (QED) is 0.444. The number of anilines is 2. The second-order valence-electron chi connectivity index (χ2n) is 9.37. The van der Waals surface area contributed by atoms with E-state index in [1.165, 1.54) is 4.90 Å². The van der Waals surface area contributed by atoms with Crippen molar-refractivity contribution in [3.8, 4) is 0 Å². The summed E-state index contributed by atoms with van der Waals surface area (Å²) in [5, 5.41) is 5.18. The molecular formula is C23H25F6N5O3S. The van der Waals surface area contributed by atoms with Crippen molar-refractivity contribution in [3.63, 3.8) is 0 Å². The number of aromatic nitrogens is 1. The van der Waals surface area contributed by atoms with Crippen LogP contribution in [0, 0.1) is 11.7 Å². The van der Waals surface area contributed by atoms with E-state index < -0.39 is 44.6 Å². The monoisotopic (exact) mass is 565 g/mol. The summed E-state index contributed by atoms with van der Waals surface area (Å²) in [7, 11) is -9.85. The molecule has 2 fully saturated rings. The zero-order valence-corrected chi connectivity index (χ0v) is 20.7.